The molecule has 0 aliphatic carbocycles. The molecule has 1 aromatic heterocycles. The highest BCUT2D eigenvalue weighted by atomic mass is 35.5. The highest BCUT2D eigenvalue weighted by Gasteiger charge is 2.10. The third-order valence-corrected chi connectivity index (χ3v) is 3.93. The van der Waals surface area contributed by atoms with Gasteiger partial charge in [0.05, 0.1) is 18.3 Å². The van der Waals surface area contributed by atoms with Gasteiger partial charge in [0, 0.05) is 23.8 Å². The molecular weight excluding hydrogens is 348 g/mol. The Balaban J connectivity index is 1.63. The zero-order valence-electron chi connectivity index (χ0n) is 13.0. The van der Waals surface area contributed by atoms with E-state index in [9.17, 15) is 13.6 Å². The number of nitrogens with one attached hydrogen (secondary N) is 1. The Labute approximate surface area is 148 Å². The zero-order valence-corrected chi connectivity index (χ0v) is 13.8. The van der Waals surface area contributed by atoms with Crippen molar-refractivity contribution in [1.82, 2.24) is 15.1 Å². The van der Waals surface area contributed by atoms with Crippen molar-refractivity contribution in [3.05, 3.63) is 88.2 Å². The summed E-state index contributed by atoms with van der Waals surface area (Å²) < 4.78 is 27.9. The van der Waals surface area contributed by atoms with Crippen molar-refractivity contribution in [3.8, 4) is 0 Å². The van der Waals surface area contributed by atoms with E-state index in [4.69, 9.17) is 11.6 Å². The fourth-order valence-corrected chi connectivity index (χ4v) is 2.56. The molecule has 7 heteroatoms. The number of halogens is 3. The molecule has 0 aliphatic rings. The third-order valence-electron chi connectivity index (χ3n) is 3.56. The van der Waals surface area contributed by atoms with Gasteiger partial charge in [-0.25, -0.2) is 8.78 Å². The predicted octanol–water partition coefficient (Wildman–Crippen LogP) is 3.79. The summed E-state index contributed by atoms with van der Waals surface area (Å²) in [7, 11) is 0. The van der Waals surface area contributed by atoms with Crippen LogP contribution in [0.5, 0.6) is 0 Å². The van der Waals surface area contributed by atoms with Crippen LogP contribution in [0.4, 0.5) is 8.78 Å². The van der Waals surface area contributed by atoms with E-state index < -0.39 is 11.6 Å². The lowest BCUT2D eigenvalue weighted by Crippen LogP contribution is -2.22. The zero-order chi connectivity index (χ0) is 17.8. The highest BCUT2D eigenvalue weighted by molar-refractivity contribution is 6.31. The molecule has 25 heavy (non-hydrogen) atoms. The molecule has 3 aromatic rings. The first-order valence-corrected chi connectivity index (χ1v) is 7.88. The molecule has 1 heterocycles. The van der Waals surface area contributed by atoms with Gasteiger partial charge in [-0.1, -0.05) is 29.8 Å². The Kier molecular flexibility index (Phi) is 5.09. The summed E-state index contributed by atoms with van der Waals surface area (Å²) in [5.74, 6) is -1.75. The van der Waals surface area contributed by atoms with Crippen LogP contribution >= 0.6 is 11.6 Å². The summed E-state index contributed by atoms with van der Waals surface area (Å²) in [5.41, 5.74) is 1.58. The lowest BCUT2D eigenvalue weighted by molar-refractivity contribution is 0.0950. The first kappa shape index (κ1) is 17.1. The van der Waals surface area contributed by atoms with Gasteiger partial charge in [-0.3, -0.25) is 9.48 Å². The summed E-state index contributed by atoms with van der Waals surface area (Å²) in [6.45, 7) is 0.450. The minimum Gasteiger partial charge on any atom is -0.348 e. The fourth-order valence-electron chi connectivity index (χ4n) is 2.37. The van der Waals surface area contributed by atoms with Crippen LogP contribution in [0.15, 0.2) is 54.9 Å². The summed E-state index contributed by atoms with van der Waals surface area (Å²) in [6, 6.07) is 10.5. The van der Waals surface area contributed by atoms with Crippen LogP contribution < -0.4 is 5.32 Å². The molecule has 0 bridgehead atoms. The summed E-state index contributed by atoms with van der Waals surface area (Å²) in [4.78, 5) is 12.1. The van der Waals surface area contributed by atoms with Gasteiger partial charge in [0.15, 0.2) is 0 Å². The molecular formula is C18H14ClF2N3O. The molecule has 128 valence electrons. The van der Waals surface area contributed by atoms with Crippen LogP contribution in [0.2, 0.25) is 5.02 Å². The molecule has 0 spiro atoms. The van der Waals surface area contributed by atoms with Crippen molar-refractivity contribution < 1.29 is 13.6 Å². The Morgan fingerprint density at radius 3 is 2.60 bits per heavy atom. The van der Waals surface area contributed by atoms with E-state index in [-0.39, 0.29) is 12.5 Å². The molecule has 0 fully saturated rings. The predicted molar refractivity (Wildman–Crippen MR) is 90.3 cm³/mol. The van der Waals surface area contributed by atoms with Gasteiger partial charge in [0.2, 0.25) is 0 Å². The second kappa shape index (κ2) is 7.44. The van der Waals surface area contributed by atoms with E-state index in [1.807, 2.05) is 18.2 Å². The van der Waals surface area contributed by atoms with E-state index in [1.54, 1.807) is 16.9 Å². The van der Waals surface area contributed by atoms with Crippen LogP contribution in [0, 0.1) is 11.6 Å². The fraction of sp³-hybridized carbons (Fsp3) is 0.111. The van der Waals surface area contributed by atoms with Gasteiger partial charge in [-0.15, -0.1) is 0 Å². The lowest BCUT2D eigenvalue weighted by Gasteiger charge is -2.05. The van der Waals surface area contributed by atoms with Crippen LogP contribution in [0.3, 0.4) is 0 Å². The van der Waals surface area contributed by atoms with Crippen molar-refractivity contribution in [3.63, 3.8) is 0 Å². The second-order valence-corrected chi connectivity index (χ2v) is 5.89. The van der Waals surface area contributed by atoms with E-state index in [0.717, 1.165) is 11.6 Å². The Morgan fingerprint density at radius 2 is 1.88 bits per heavy atom. The largest absolute Gasteiger partial charge is 0.348 e. The van der Waals surface area contributed by atoms with Gasteiger partial charge in [0.1, 0.15) is 11.6 Å². The molecule has 0 aliphatic heterocycles. The second-order valence-electron chi connectivity index (χ2n) is 5.48. The Morgan fingerprint density at radius 1 is 1.16 bits per heavy atom. The van der Waals surface area contributed by atoms with E-state index in [2.05, 4.69) is 10.4 Å². The number of carbonyl (C=O) groups is 1. The number of aromatic nitrogens is 2. The van der Waals surface area contributed by atoms with E-state index >= 15 is 0 Å². The smallest absolute Gasteiger partial charge is 0.254 e. The van der Waals surface area contributed by atoms with Crippen molar-refractivity contribution in [2.75, 3.05) is 0 Å². The van der Waals surface area contributed by atoms with Crippen molar-refractivity contribution >= 4 is 17.5 Å². The quantitative estimate of drug-likeness (QED) is 0.751. The SMILES string of the molecule is O=C(NCc1cc(F)cc(F)c1)c1cnn(Cc2ccccc2Cl)c1. The molecule has 2 aromatic carbocycles. The lowest BCUT2D eigenvalue weighted by atomic mass is 10.2. The monoisotopic (exact) mass is 361 g/mol. The molecule has 4 nitrogen and oxygen atoms in total. The number of nitrogens with zero attached hydrogens (tertiary/aromatic N) is 2. The van der Waals surface area contributed by atoms with E-state index in [0.29, 0.717) is 22.7 Å². The topological polar surface area (TPSA) is 46.9 Å². The van der Waals surface area contributed by atoms with Gasteiger partial charge in [-0.05, 0) is 29.3 Å². The summed E-state index contributed by atoms with van der Waals surface area (Å²) >= 11 is 6.10. The van der Waals surface area contributed by atoms with E-state index in [1.165, 1.54) is 18.3 Å². The highest BCUT2D eigenvalue weighted by Crippen LogP contribution is 2.16. The maximum atomic E-state index is 13.1. The molecule has 0 unspecified atom stereocenters. The van der Waals surface area contributed by atoms with Crippen molar-refractivity contribution in [1.29, 1.82) is 0 Å². The number of benzene rings is 2. The average Bonchev–Trinajstić information content (AvgIpc) is 3.03. The minimum atomic E-state index is -0.684. The summed E-state index contributed by atoms with van der Waals surface area (Å²) in [5, 5.41) is 7.36. The van der Waals surface area contributed by atoms with Gasteiger partial charge in [-0.2, -0.15) is 5.10 Å². The normalized spacial score (nSPS) is 10.7. The number of amides is 1. The Hall–Kier alpha value is -2.73. The summed E-state index contributed by atoms with van der Waals surface area (Å²) in [6.07, 6.45) is 3.02. The first-order valence-electron chi connectivity index (χ1n) is 7.50. The maximum Gasteiger partial charge on any atom is 0.254 e. The molecule has 1 amide bonds. The van der Waals surface area contributed by atoms with Crippen molar-refractivity contribution in [2.24, 2.45) is 0 Å². The molecule has 1 N–H and O–H groups in total. The molecule has 3 rings (SSSR count). The van der Waals surface area contributed by atoms with Gasteiger partial charge < -0.3 is 5.32 Å². The standard InChI is InChI=1S/C18H14ClF2N3O/c19-17-4-2-1-3-13(17)10-24-11-14(9-23-24)18(25)22-8-12-5-15(20)7-16(21)6-12/h1-7,9,11H,8,10H2,(H,22,25). The number of hydrogen-bond acceptors (Lipinski definition) is 2. The maximum absolute atomic E-state index is 13.1. The average molecular weight is 362 g/mol. The number of rotatable bonds is 5. The van der Waals surface area contributed by atoms with Gasteiger partial charge in [0.25, 0.3) is 5.91 Å². The Bertz CT molecular complexity index is 891. The van der Waals surface area contributed by atoms with Crippen LogP contribution in [0.1, 0.15) is 21.5 Å². The molecule has 0 saturated carbocycles. The molecule has 0 radical (unpaired) electrons. The third kappa shape index (κ3) is 4.42. The number of carbonyl (C=O) groups excluding carboxylic acids is 1. The van der Waals surface area contributed by atoms with Gasteiger partial charge >= 0.3 is 0 Å². The first-order chi connectivity index (χ1) is 12.0. The minimum absolute atomic E-state index is 0.0171. The van der Waals surface area contributed by atoms with Crippen LogP contribution in [-0.4, -0.2) is 15.7 Å². The van der Waals surface area contributed by atoms with Crippen LogP contribution in [0.25, 0.3) is 0 Å². The molecule has 0 atom stereocenters. The van der Waals surface area contributed by atoms with Crippen LogP contribution in [-0.2, 0) is 13.1 Å². The van der Waals surface area contributed by atoms with Crippen molar-refractivity contribution in [2.45, 2.75) is 13.1 Å². The molecule has 0 saturated heterocycles. The number of hydrogen-bond donors (Lipinski definition) is 1.